The lowest BCUT2D eigenvalue weighted by molar-refractivity contribution is 0.225. The molecule has 0 saturated carbocycles. The van der Waals surface area contributed by atoms with Crippen LogP contribution in [0.1, 0.15) is 13.3 Å². The van der Waals surface area contributed by atoms with Gasteiger partial charge in [-0.2, -0.15) is 5.26 Å². The van der Waals surface area contributed by atoms with E-state index in [0.717, 1.165) is 0 Å². The molecule has 0 aliphatic rings. The number of nitriles is 1. The molecule has 0 saturated heterocycles. The molecule has 1 aromatic carbocycles. The number of methoxy groups -OCH3 is 2. The van der Waals surface area contributed by atoms with Crippen molar-refractivity contribution in [2.75, 3.05) is 14.2 Å². The number of rotatable bonds is 5. The highest BCUT2D eigenvalue weighted by Crippen LogP contribution is 2.28. The van der Waals surface area contributed by atoms with Gasteiger partial charge < -0.3 is 14.2 Å². The molecule has 1 unspecified atom stereocenters. The first-order valence-electron chi connectivity index (χ1n) is 4.96. The van der Waals surface area contributed by atoms with E-state index < -0.39 is 0 Å². The molecule has 0 fully saturated rings. The Morgan fingerprint density at radius 1 is 1.12 bits per heavy atom. The van der Waals surface area contributed by atoms with E-state index >= 15 is 0 Å². The van der Waals surface area contributed by atoms with E-state index in [-0.39, 0.29) is 6.10 Å². The molecule has 1 aromatic rings. The quantitative estimate of drug-likeness (QED) is 0.766. The molecule has 0 amide bonds. The molecule has 16 heavy (non-hydrogen) atoms. The molecular formula is C12H15NO3. The molecule has 0 radical (unpaired) electrons. The molecular weight excluding hydrogens is 206 g/mol. The number of hydrogen-bond acceptors (Lipinski definition) is 4. The summed E-state index contributed by atoms with van der Waals surface area (Å²) in [5, 5.41) is 8.54. The molecule has 1 rings (SSSR count). The lowest BCUT2D eigenvalue weighted by Crippen LogP contribution is -2.10. The van der Waals surface area contributed by atoms with E-state index in [1.807, 2.05) is 6.92 Å². The van der Waals surface area contributed by atoms with E-state index in [9.17, 15) is 0 Å². The van der Waals surface area contributed by atoms with Crippen molar-refractivity contribution in [1.29, 1.82) is 5.26 Å². The van der Waals surface area contributed by atoms with Crippen LogP contribution in [0.5, 0.6) is 17.2 Å². The van der Waals surface area contributed by atoms with Gasteiger partial charge in [-0.25, -0.2) is 0 Å². The summed E-state index contributed by atoms with van der Waals surface area (Å²) < 4.78 is 15.8. The van der Waals surface area contributed by atoms with E-state index in [4.69, 9.17) is 19.5 Å². The van der Waals surface area contributed by atoms with Crippen molar-refractivity contribution in [3.05, 3.63) is 18.2 Å². The van der Waals surface area contributed by atoms with Crippen LogP contribution in [0.2, 0.25) is 0 Å². The summed E-state index contributed by atoms with van der Waals surface area (Å²) in [6.07, 6.45) is 0.196. The topological polar surface area (TPSA) is 51.5 Å². The van der Waals surface area contributed by atoms with Gasteiger partial charge in [0.05, 0.1) is 26.7 Å². The van der Waals surface area contributed by atoms with Crippen LogP contribution in [0.15, 0.2) is 18.2 Å². The lowest BCUT2D eigenvalue weighted by atomic mass is 10.2. The van der Waals surface area contributed by atoms with Gasteiger partial charge in [0, 0.05) is 18.2 Å². The van der Waals surface area contributed by atoms with Crippen molar-refractivity contribution in [3.8, 4) is 23.3 Å². The Labute approximate surface area is 95.4 Å². The largest absolute Gasteiger partial charge is 0.496 e. The predicted molar refractivity (Wildman–Crippen MR) is 59.9 cm³/mol. The predicted octanol–water partition coefficient (Wildman–Crippen LogP) is 2.38. The highest BCUT2D eigenvalue weighted by Gasteiger charge is 2.06. The summed E-state index contributed by atoms with van der Waals surface area (Å²) in [6.45, 7) is 1.84. The van der Waals surface area contributed by atoms with Crippen LogP contribution < -0.4 is 14.2 Å². The molecule has 0 aromatic heterocycles. The van der Waals surface area contributed by atoms with Crippen LogP contribution in [0.4, 0.5) is 0 Å². The van der Waals surface area contributed by atoms with Crippen molar-refractivity contribution < 1.29 is 14.2 Å². The van der Waals surface area contributed by atoms with Crippen LogP contribution in [0.3, 0.4) is 0 Å². The number of hydrogen-bond donors (Lipinski definition) is 0. The summed E-state index contributed by atoms with van der Waals surface area (Å²) in [4.78, 5) is 0. The first kappa shape index (κ1) is 12.2. The maximum Gasteiger partial charge on any atom is 0.127 e. The molecule has 0 bridgehead atoms. The Morgan fingerprint density at radius 2 is 1.62 bits per heavy atom. The zero-order chi connectivity index (χ0) is 12.0. The average Bonchev–Trinajstić information content (AvgIpc) is 2.28. The van der Waals surface area contributed by atoms with E-state index in [0.29, 0.717) is 23.7 Å². The van der Waals surface area contributed by atoms with Gasteiger partial charge in [0.1, 0.15) is 23.4 Å². The molecule has 0 aliphatic carbocycles. The minimum absolute atomic E-state index is 0.151. The summed E-state index contributed by atoms with van der Waals surface area (Å²) in [6, 6.07) is 7.34. The van der Waals surface area contributed by atoms with Gasteiger partial charge in [0.15, 0.2) is 0 Å². The van der Waals surface area contributed by atoms with E-state index in [2.05, 4.69) is 6.07 Å². The van der Waals surface area contributed by atoms with Crippen molar-refractivity contribution >= 4 is 0 Å². The molecule has 4 nitrogen and oxygen atoms in total. The first-order chi connectivity index (χ1) is 7.69. The molecule has 0 heterocycles. The zero-order valence-corrected chi connectivity index (χ0v) is 9.69. The van der Waals surface area contributed by atoms with Gasteiger partial charge in [-0.1, -0.05) is 0 Å². The Morgan fingerprint density at radius 3 is 2.06 bits per heavy atom. The maximum atomic E-state index is 8.54. The minimum Gasteiger partial charge on any atom is -0.496 e. The second kappa shape index (κ2) is 5.86. The fraction of sp³-hybridized carbons (Fsp3) is 0.417. The monoisotopic (exact) mass is 221 g/mol. The highest BCUT2D eigenvalue weighted by atomic mass is 16.5. The fourth-order valence-electron chi connectivity index (χ4n) is 1.25. The molecule has 0 N–H and O–H groups in total. The molecule has 86 valence electrons. The molecule has 0 spiro atoms. The minimum atomic E-state index is -0.151. The Hall–Kier alpha value is -1.89. The van der Waals surface area contributed by atoms with Gasteiger partial charge in [0.25, 0.3) is 0 Å². The summed E-state index contributed by atoms with van der Waals surface area (Å²) in [7, 11) is 3.16. The van der Waals surface area contributed by atoms with Crippen LogP contribution in [-0.2, 0) is 0 Å². The number of ether oxygens (including phenoxy) is 3. The highest BCUT2D eigenvalue weighted by molar-refractivity contribution is 5.42. The Balaban J connectivity index is 2.83. The summed E-state index contributed by atoms with van der Waals surface area (Å²) in [5.41, 5.74) is 0. The first-order valence-corrected chi connectivity index (χ1v) is 4.96. The van der Waals surface area contributed by atoms with Crippen molar-refractivity contribution in [3.63, 3.8) is 0 Å². The van der Waals surface area contributed by atoms with Gasteiger partial charge in [0.2, 0.25) is 0 Å². The molecule has 0 aliphatic heterocycles. The standard InChI is InChI=1S/C12H15NO3/c1-9(4-5-13)16-12-7-10(14-2)6-11(8-12)15-3/h6-9H,4H2,1-3H3. The summed E-state index contributed by atoms with van der Waals surface area (Å²) >= 11 is 0. The Kier molecular flexibility index (Phi) is 4.46. The van der Waals surface area contributed by atoms with Crippen LogP contribution in [-0.4, -0.2) is 20.3 Å². The number of benzene rings is 1. The second-order valence-electron chi connectivity index (χ2n) is 3.34. The SMILES string of the molecule is COc1cc(OC)cc(OC(C)CC#N)c1. The average molecular weight is 221 g/mol. The van der Waals surface area contributed by atoms with E-state index in [1.165, 1.54) is 0 Å². The Bertz CT molecular complexity index is 362. The van der Waals surface area contributed by atoms with Crippen LogP contribution >= 0.6 is 0 Å². The third kappa shape index (κ3) is 3.35. The van der Waals surface area contributed by atoms with Crippen molar-refractivity contribution in [2.45, 2.75) is 19.4 Å². The van der Waals surface area contributed by atoms with Crippen LogP contribution in [0, 0.1) is 11.3 Å². The molecule has 4 heteroatoms. The van der Waals surface area contributed by atoms with Crippen molar-refractivity contribution in [2.24, 2.45) is 0 Å². The molecule has 1 atom stereocenters. The zero-order valence-electron chi connectivity index (χ0n) is 9.69. The summed E-state index contributed by atoms with van der Waals surface area (Å²) in [5.74, 6) is 1.97. The van der Waals surface area contributed by atoms with Crippen LogP contribution in [0.25, 0.3) is 0 Å². The normalized spacial score (nSPS) is 11.4. The van der Waals surface area contributed by atoms with Crippen molar-refractivity contribution in [1.82, 2.24) is 0 Å². The van der Waals surface area contributed by atoms with Gasteiger partial charge in [-0.15, -0.1) is 0 Å². The van der Waals surface area contributed by atoms with Gasteiger partial charge in [-0.05, 0) is 6.92 Å². The lowest BCUT2D eigenvalue weighted by Gasteiger charge is -2.13. The van der Waals surface area contributed by atoms with Gasteiger partial charge >= 0.3 is 0 Å². The third-order valence-electron chi connectivity index (χ3n) is 2.04. The smallest absolute Gasteiger partial charge is 0.127 e. The third-order valence-corrected chi connectivity index (χ3v) is 2.04. The van der Waals surface area contributed by atoms with E-state index in [1.54, 1.807) is 32.4 Å². The van der Waals surface area contributed by atoms with Gasteiger partial charge in [-0.3, -0.25) is 0 Å². The maximum absolute atomic E-state index is 8.54. The second-order valence-corrected chi connectivity index (χ2v) is 3.34. The number of nitrogens with zero attached hydrogens (tertiary/aromatic N) is 1. The fourth-order valence-corrected chi connectivity index (χ4v) is 1.25.